The van der Waals surface area contributed by atoms with Gasteiger partial charge in [0, 0.05) is 25.0 Å². The van der Waals surface area contributed by atoms with Gasteiger partial charge in [0.15, 0.2) is 0 Å². The van der Waals surface area contributed by atoms with E-state index in [9.17, 15) is 14.4 Å². The summed E-state index contributed by atoms with van der Waals surface area (Å²) in [4.78, 5) is 40.1. The number of carbonyl (C=O) groups is 3. The van der Waals surface area contributed by atoms with Gasteiger partial charge in [-0.1, -0.05) is 43.0 Å². The normalized spacial score (nSPS) is 13.6. The fraction of sp³-hybridized carbons (Fsp3) is 0.190. The average molecular weight is 363 g/mol. The number of anilines is 2. The van der Waals surface area contributed by atoms with Crippen LogP contribution in [0.4, 0.5) is 11.4 Å². The zero-order valence-corrected chi connectivity index (χ0v) is 15.1. The van der Waals surface area contributed by atoms with Crippen molar-refractivity contribution in [3.8, 4) is 0 Å². The molecule has 138 valence electrons. The molecule has 1 aliphatic rings. The Hall–Kier alpha value is -3.41. The van der Waals surface area contributed by atoms with Gasteiger partial charge in [-0.3, -0.25) is 14.4 Å². The molecular weight excluding hydrogens is 342 g/mol. The topological polar surface area (TPSA) is 69.7 Å². The van der Waals surface area contributed by atoms with Crippen molar-refractivity contribution in [3.05, 3.63) is 72.3 Å². The molecule has 0 fully saturated rings. The van der Waals surface area contributed by atoms with E-state index >= 15 is 0 Å². The predicted molar refractivity (Wildman–Crippen MR) is 104 cm³/mol. The number of likely N-dealkylation sites (N-methyl/N-ethyl adjacent to an activating group) is 1. The van der Waals surface area contributed by atoms with Gasteiger partial charge in [0.05, 0.1) is 6.42 Å². The standard InChI is InChI=1S/C21H21N3O3/c1-3-19(25)22-17-10-6-4-8-15(17)12-20(26)24-13-16-9-5-7-11-18(16)23(2)21(27)14-24/h3-11H,1,12-14H2,2H3,(H,22,25). The lowest BCUT2D eigenvalue weighted by Gasteiger charge is -2.21. The predicted octanol–water partition coefficient (Wildman–Crippen LogP) is 2.36. The number of rotatable bonds is 4. The number of carbonyl (C=O) groups excluding carboxylic acids is 3. The second-order valence-electron chi connectivity index (χ2n) is 6.36. The first kappa shape index (κ1) is 18.4. The van der Waals surface area contributed by atoms with E-state index in [1.54, 1.807) is 35.0 Å². The highest BCUT2D eigenvalue weighted by Crippen LogP contribution is 2.25. The first-order valence-corrected chi connectivity index (χ1v) is 8.63. The fourth-order valence-electron chi connectivity index (χ4n) is 3.07. The van der Waals surface area contributed by atoms with E-state index in [1.807, 2.05) is 30.3 Å². The van der Waals surface area contributed by atoms with Crippen molar-refractivity contribution in [2.75, 3.05) is 23.8 Å². The molecule has 6 nitrogen and oxygen atoms in total. The lowest BCUT2D eigenvalue weighted by atomic mass is 10.1. The Bertz CT molecular complexity index is 907. The third-order valence-electron chi connectivity index (χ3n) is 4.57. The van der Waals surface area contributed by atoms with Gasteiger partial charge in [-0.05, 0) is 29.3 Å². The van der Waals surface area contributed by atoms with E-state index in [0.29, 0.717) is 17.8 Å². The number of hydrogen-bond donors (Lipinski definition) is 1. The van der Waals surface area contributed by atoms with Crippen LogP contribution in [0.1, 0.15) is 11.1 Å². The van der Waals surface area contributed by atoms with Crippen LogP contribution in [0, 0.1) is 0 Å². The summed E-state index contributed by atoms with van der Waals surface area (Å²) in [5.74, 6) is -0.647. The van der Waals surface area contributed by atoms with Crippen LogP contribution in [0.25, 0.3) is 0 Å². The molecule has 0 saturated carbocycles. The van der Waals surface area contributed by atoms with Crippen molar-refractivity contribution in [2.45, 2.75) is 13.0 Å². The summed E-state index contributed by atoms with van der Waals surface area (Å²) < 4.78 is 0. The van der Waals surface area contributed by atoms with Gasteiger partial charge in [0.25, 0.3) is 0 Å². The SMILES string of the molecule is C=CC(=O)Nc1ccccc1CC(=O)N1CC(=O)N(C)c2ccccc2C1. The number of amides is 3. The quantitative estimate of drug-likeness (QED) is 0.848. The summed E-state index contributed by atoms with van der Waals surface area (Å²) in [6.45, 7) is 3.83. The Labute approximate surface area is 158 Å². The maximum Gasteiger partial charge on any atom is 0.247 e. The molecule has 1 heterocycles. The number of fused-ring (bicyclic) bond motifs is 1. The molecule has 1 aliphatic heterocycles. The molecule has 0 unspecified atom stereocenters. The number of nitrogens with one attached hydrogen (secondary N) is 1. The molecule has 0 saturated heterocycles. The van der Waals surface area contributed by atoms with Crippen LogP contribution >= 0.6 is 0 Å². The Kier molecular flexibility index (Phi) is 5.35. The van der Waals surface area contributed by atoms with Crippen LogP contribution in [0.15, 0.2) is 61.2 Å². The van der Waals surface area contributed by atoms with Gasteiger partial charge in [-0.15, -0.1) is 0 Å². The maximum absolute atomic E-state index is 12.9. The van der Waals surface area contributed by atoms with Crippen LogP contribution in [0.3, 0.4) is 0 Å². The largest absolute Gasteiger partial charge is 0.329 e. The van der Waals surface area contributed by atoms with E-state index < -0.39 is 0 Å². The number of benzene rings is 2. The monoisotopic (exact) mass is 363 g/mol. The molecule has 2 aromatic rings. The van der Waals surface area contributed by atoms with Crippen LogP contribution in [-0.4, -0.2) is 36.2 Å². The first-order chi connectivity index (χ1) is 13.0. The van der Waals surface area contributed by atoms with E-state index in [1.165, 1.54) is 6.08 Å². The van der Waals surface area contributed by atoms with Crippen LogP contribution < -0.4 is 10.2 Å². The molecule has 0 aromatic heterocycles. The van der Waals surface area contributed by atoms with E-state index in [-0.39, 0.29) is 30.7 Å². The Morgan fingerprint density at radius 2 is 1.81 bits per heavy atom. The summed E-state index contributed by atoms with van der Waals surface area (Å²) >= 11 is 0. The lowest BCUT2D eigenvalue weighted by Crippen LogP contribution is -2.39. The Morgan fingerprint density at radius 1 is 1.11 bits per heavy atom. The molecule has 27 heavy (non-hydrogen) atoms. The average Bonchev–Trinajstić information content (AvgIpc) is 2.80. The van der Waals surface area contributed by atoms with Crippen molar-refractivity contribution in [1.29, 1.82) is 0 Å². The number of hydrogen-bond acceptors (Lipinski definition) is 3. The van der Waals surface area contributed by atoms with Crippen LogP contribution in [0.5, 0.6) is 0 Å². The minimum Gasteiger partial charge on any atom is -0.329 e. The molecule has 0 bridgehead atoms. The Morgan fingerprint density at radius 3 is 2.59 bits per heavy atom. The lowest BCUT2D eigenvalue weighted by molar-refractivity contribution is -0.134. The van der Waals surface area contributed by atoms with Crippen molar-refractivity contribution in [3.63, 3.8) is 0 Å². The molecule has 1 N–H and O–H groups in total. The molecule has 2 aromatic carbocycles. The van der Waals surface area contributed by atoms with Gasteiger partial charge in [0.1, 0.15) is 6.54 Å². The van der Waals surface area contributed by atoms with Crippen molar-refractivity contribution < 1.29 is 14.4 Å². The summed E-state index contributed by atoms with van der Waals surface area (Å²) in [7, 11) is 1.72. The molecule has 0 radical (unpaired) electrons. The highest BCUT2D eigenvalue weighted by atomic mass is 16.2. The van der Waals surface area contributed by atoms with E-state index in [2.05, 4.69) is 11.9 Å². The maximum atomic E-state index is 12.9. The van der Waals surface area contributed by atoms with Crippen molar-refractivity contribution >= 4 is 29.1 Å². The summed E-state index contributed by atoms with van der Waals surface area (Å²) in [5.41, 5.74) is 2.99. The third-order valence-corrected chi connectivity index (χ3v) is 4.57. The number of nitrogens with zero attached hydrogens (tertiary/aromatic N) is 2. The second kappa shape index (κ2) is 7.86. The van der Waals surface area contributed by atoms with Gasteiger partial charge in [0.2, 0.25) is 17.7 Å². The highest BCUT2D eigenvalue weighted by Gasteiger charge is 2.26. The number of para-hydroxylation sites is 2. The van der Waals surface area contributed by atoms with Gasteiger partial charge in [-0.2, -0.15) is 0 Å². The smallest absolute Gasteiger partial charge is 0.247 e. The zero-order chi connectivity index (χ0) is 19.4. The molecule has 0 spiro atoms. The van der Waals surface area contributed by atoms with Gasteiger partial charge < -0.3 is 15.1 Å². The fourth-order valence-corrected chi connectivity index (χ4v) is 3.07. The molecule has 3 rings (SSSR count). The highest BCUT2D eigenvalue weighted by molar-refractivity contribution is 6.00. The minimum atomic E-state index is -0.338. The molecule has 3 amide bonds. The van der Waals surface area contributed by atoms with E-state index in [0.717, 1.165) is 11.3 Å². The second-order valence-corrected chi connectivity index (χ2v) is 6.36. The van der Waals surface area contributed by atoms with Gasteiger partial charge >= 0.3 is 0 Å². The van der Waals surface area contributed by atoms with Crippen LogP contribution in [-0.2, 0) is 27.3 Å². The minimum absolute atomic E-state index is 0.0190. The van der Waals surface area contributed by atoms with Gasteiger partial charge in [-0.25, -0.2) is 0 Å². The molecule has 6 heteroatoms. The summed E-state index contributed by atoms with van der Waals surface area (Å²) in [6.07, 6.45) is 1.27. The summed E-state index contributed by atoms with van der Waals surface area (Å²) in [5, 5.41) is 2.71. The van der Waals surface area contributed by atoms with Crippen molar-refractivity contribution in [2.24, 2.45) is 0 Å². The molecule has 0 aliphatic carbocycles. The molecule has 0 atom stereocenters. The Balaban J connectivity index is 1.82. The zero-order valence-electron chi connectivity index (χ0n) is 15.1. The van der Waals surface area contributed by atoms with E-state index in [4.69, 9.17) is 0 Å². The molecular formula is C21H21N3O3. The first-order valence-electron chi connectivity index (χ1n) is 8.63. The van der Waals surface area contributed by atoms with Crippen LogP contribution in [0.2, 0.25) is 0 Å². The van der Waals surface area contributed by atoms with Crippen molar-refractivity contribution in [1.82, 2.24) is 4.90 Å². The third kappa shape index (κ3) is 4.06. The summed E-state index contributed by atoms with van der Waals surface area (Å²) in [6, 6.07) is 14.7.